The Balaban J connectivity index is 2.65. The molecule has 0 aliphatic rings. The van der Waals surface area contributed by atoms with Crippen LogP contribution in [0.3, 0.4) is 0 Å². The van der Waals surface area contributed by atoms with E-state index in [1.54, 1.807) is 18.4 Å². The highest BCUT2D eigenvalue weighted by molar-refractivity contribution is 9.11. The van der Waals surface area contributed by atoms with Crippen molar-refractivity contribution < 1.29 is 4.74 Å². The van der Waals surface area contributed by atoms with E-state index in [-0.39, 0.29) is 12.1 Å². The molecule has 0 saturated carbocycles. The van der Waals surface area contributed by atoms with E-state index in [4.69, 9.17) is 10.5 Å². The summed E-state index contributed by atoms with van der Waals surface area (Å²) in [6.45, 7) is 3.85. The van der Waals surface area contributed by atoms with E-state index in [0.29, 0.717) is 0 Å². The number of rotatable bonds is 7. The van der Waals surface area contributed by atoms with Crippen LogP contribution in [-0.4, -0.2) is 38.3 Å². The van der Waals surface area contributed by atoms with Crippen LogP contribution in [0.4, 0.5) is 0 Å². The Labute approximate surface area is 116 Å². The van der Waals surface area contributed by atoms with Crippen molar-refractivity contribution in [1.29, 1.82) is 0 Å². The molecule has 1 aromatic heterocycles. The Morgan fingerprint density at radius 1 is 1.53 bits per heavy atom. The van der Waals surface area contributed by atoms with Gasteiger partial charge in [-0.1, -0.05) is 0 Å². The minimum absolute atomic E-state index is 0.119. The highest BCUT2D eigenvalue weighted by Crippen LogP contribution is 2.31. The Morgan fingerprint density at radius 2 is 2.24 bits per heavy atom. The summed E-state index contributed by atoms with van der Waals surface area (Å²) in [6, 6.07) is 4.63. The molecule has 0 amide bonds. The van der Waals surface area contributed by atoms with E-state index >= 15 is 0 Å². The minimum atomic E-state index is 0.119. The molecule has 0 bridgehead atoms. The number of halogens is 1. The number of hydrogen-bond acceptors (Lipinski definition) is 4. The van der Waals surface area contributed by atoms with Crippen molar-refractivity contribution in [2.45, 2.75) is 25.4 Å². The lowest BCUT2D eigenvalue weighted by molar-refractivity contribution is 0.159. The number of nitrogens with two attached hydrogens (primary N) is 1. The second-order valence-corrected chi connectivity index (χ2v) is 6.77. The molecule has 2 unspecified atom stereocenters. The van der Waals surface area contributed by atoms with Gasteiger partial charge < -0.3 is 10.5 Å². The van der Waals surface area contributed by atoms with Crippen molar-refractivity contribution in [3.05, 3.63) is 20.8 Å². The zero-order valence-corrected chi connectivity index (χ0v) is 13.1. The van der Waals surface area contributed by atoms with Crippen LogP contribution in [0.15, 0.2) is 15.9 Å². The summed E-state index contributed by atoms with van der Waals surface area (Å²) >= 11 is 5.26. The largest absolute Gasteiger partial charge is 0.385 e. The van der Waals surface area contributed by atoms with Crippen LogP contribution in [0.1, 0.15) is 24.3 Å². The zero-order valence-electron chi connectivity index (χ0n) is 10.6. The van der Waals surface area contributed by atoms with Gasteiger partial charge in [0.25, 0.3) is 0 Å². The molecular weight excluding hydrogens is 300 g/mol. The van der Waals surface area contributed by atoms with Gasteiger partial charge in [0.1, 0.15) is 0 Å². The zero-order chi connectivity index (χ0) is 12.8. The van der Waals surface area contributed by atoms with Crippen LogP contribution in [0, 0.1) is 0 Å². The molecule has 1 aromatic rings. The van der Waals surface area contributed by atoms with Crippen LogP contribution in [0.5, 0.6) is 0 Å². The van der Waals surface area contributed by atoms with Gasteiger partial charge in [0.05, 0.1) is 9.83 Å². The summed E-state index contributed by atoms with van der Waals surface area (Å²) in [5.41, 5.74) is 6.10. The van der Waals surface area contributed by atoms with Gasteiger partial charge in [0, 0.05) is 31.2 Å². The lowest BCUT2D eigenvalue weighted by Gasteiger charge is -2.30. The molecule has 5 heteroatoms. The van der Waals surface area contributed by atoms with Crippen molar-refractivity contribution >= 4 is 27.3 Å². The molecule has 0 radical (unpaired) electrons. The molecule has 0 aliphatic heterocycles. The van der Waals surface area contributed by atoms with Gasteiger partial charge >= 0.3 is 0 Å². The third-order valence-electron chi connectivity index (χ3n) is 2.72. The van der Waals surface area contributed by atoms with Gasteiger partial charge in [0.15, 0.2) is 0 Å². The number of methoxy groups -OCH3 is 1. The van der Waals surface area contributed by atoms with Crippen LogP contribution in [-0.2, 0) is 4.74 Å². The number of thiophene rings is 1. The molecule has 0 fully saturated rings. The van der Waals surface area contributed by atoms with E-state index in [1.807, 2.05) is 0 Å². The molecule has 0 spiro atoms. The molecule has 0 saturated heterocycles. The molecule has 0 aliphatic carbocycles. The first-order valence-electron chi connectivity index (χ1n) is 5.76. The van der Waals surface area contributed by atoms with Crippen molar-refractivity contribution in [3.8, 4) is 0 Å². The molecule has 1 rings (SSSR count). The van der Waals surface area contributed by atoms with E-state index in [2.05, 4.69) is 46.9 Å². The molecular formula is C12H21BrN2OS. The van der Waals surface area contributed by atoms with Crippen molar-refractivity contribution in [1.82, 2.24) is 4.90 Å². The molecule has 2 N–H and O–H groups in total. The minimum Gasteiger partial charge on any atom is -0.385 e. The molecule has 2 atom stereocenters. The SMILES string of the molecule is COCCCN(C)C(c1ccc(Br)s1)C(C)N. The highest BCUT2D eigenvalue weighted by atomic mass is 79.9. The fourth-order valence-electron chi connectivity index (χ4n) is 1.96. The Morgan fingerprint density at radius 3 is 2.71 bits per heavy atom. The fourth-order valence-corrected chi connectivity index (χ4v) is 3.67. The fraction of sp³-hybridized carbons (Fsp3) is 0.667. The summed E-state index contributed by atoms with van der Waals surface area (Å²) in [4.78, 5) is 3.62. The van der Waals surface area contributed by atoms with Crippen LogP contribution in [0.2, 0.25) is 0 Å². The smallest absolute Gasteiger partial charge is 0.0702 e. The maximum Gasteiger partial charge on any atom is 0.0702 e. The van der Waals surface area contributed by atoms with Gasteiger partial charge in [0.2, 0.25) is 0 Å². The monoisotopic (exact) mass is 320 g/mol. The van der Waals surface area contributed by atoms with Crippen molar-refractivity contribution in [3.63, 3.8) is 0 Å². The van der Waals surface area contributed by atoms with E-state index in [0.717, 1.165) is 23.4 Å². The normalized spacial score (nSPS) is 15.2. The standard InChI is InChI=1S/C12H21BrN2OS/c1-9(14)12(10-5-6-11(13)17-10)15(2)7-4-8-16-3/h5-6,9,12H,4,7-8,14H2,1-3H3. The first-order chi connectivity index (χ1) is 8.06. The van der Waals surface area contributed by atoms with E-state index < -0.39 is 0 Å². The van der Waals surface area contributed by atoms with Gasteiger partial charge in [-0.15, -0.1) is 11.3 Å². The summed E-state index contributed by atoms with van der Waals surface area (Å²) in [6.07, 6.45) is 1.03. The third kappa shape index (κ3) is 4.67. The van der Waals surface area contributed by atoms with Crippen molar-refractivity contribution in [2.75, 3.05) is 27.3 Å². The maximum atomic E-state index is 6.10. The number of ether oxygens (including phenoxy) is 1. The summed E-state index contributed by atoms with van der Waals surface area (Å²) in [5.74, 6) is 0. The first kappa shape index (κ1) is 15.1. The van der Waals surface area contributed by atoms with Crippen LogP contribution >= 0.6 is 27.3 Å². The van der Waals surface area contributed by atoms with E-state index in [1.165, 1.54) is 4.88 Å². The molecule has 98 valence electrons. The quantitative estimate of drug-likeness (QED) is 0.785. The predicted octanol–water partition coefficient (Wildman–Crippen LogP) is 2.87. The Bertz CT molecular complexity index is 330. The third-order valence-corrected chi connectivity index (χ3v) is 4.41. The Hall–Kier alpha value is 0.0600. The first-order valence-corrected chi connectivity index (χ1v) is 7.37. The summed E-state index contributed by atoms with van der Waals surface area (Å²) in [5, 5.41) is 0. The van der Waals surface area contributed by atoms with E-state index in [9.17, 15) is 0 Å². The second-order valence-electron chi connectivity index (χ2n) is 4.27. The second kappa shape index (κ2) is 7.48. The Kier molecular flexibility index (Phi) is 6.66. The summed E-state index contributed by atoms with van der Waals surface area (Å²) in [7, 11) is 3.86. The van der Waals surface area contributed by atoms with Gasteiger partial charge in [-0.05, 0) is 48.5 Å². The molecule has 3 nitrogen and oxygen atoms in total. The molecule has 1 heterocycles. The van der Waals surface area contributed by atoms with Crippen LogP contribution in [0.25, 0.3) is 0 Å². The molecule has 0 aromatic carbocycles. The maximum absolute atomic E-state index is 6.10. The predicted molar refractivity (Wildman–Crippen MR) is 77.5 cm³/mol. The summed E-state index contributed by atoms with van der Waals surface area (Å²) < 4.78 is 6.24. The van der Waals surface area contributed by atoms with Gasteiger partial charge in [-0.25, -0.2) is 0 Å². The van der Waals surface area contributed by atoms with Gasteiger partial charge in [-0.2, -0.15) is 0 Å². The number of likely N-dealkylation sites (N-methyl/N-ethyl adjacent to an activating group) is 1. The average Bonchev–Trinajstić information content (AvgIpc) is 2.65. The number of hydrogen-bond donors (Lipinski definition) is 1. The number of nitrogens with zero attached hydrogens (tertiary/aromatic N) is 1. The molecule has 17 heavy (non-hydrogen) atoms. The lowest BCUT2D eigenvalue weighted by atomic mass is 10.1. The van der Waals surface area contributed by atoms with Crippen molar-refractivity contribution in [2.24, 2.45) is 5.73 Å². The van der Waals surface area contributed by atoms with Gasteiger partial charge in [-0.3, -0.25) is 4.90 Å². The topological polar surface area (TPSA) is 38.5 Å². The van der Waals surface area contributed by atoms with Crippen LogP contribution < -0.4 is 5.73 Å². The average molecular weight is 321 g/mol. The lowest BCUT2D eigenvalue weighted by Crippen LogP contribution is -2.37. The highest BCUT2D eigenvalue weighted by Gasteiger charge is 2.22.